The minimum absolute atomic E-state index is 0.0648. The van der Waals surface area contributed by atoms with Crippen molar-refractivity contribution in [1.29, 1.82) is 0 Å². The molecule has 5 nitrogen and oxygen atoms in total. The van der Waals surface area contributed by atoms with E-state index in [4.69, 9.17) is 4.74 Å². The summed E-state index contributed by atoms with van der Waals surface area (Å²) in [5.74, 6) is 0.613. The molecule has 1 aliphatic rings. The van der Waals surface area contributed by atoms with Crippen molar-refractivity contribution in [2.45, 2.75) is 38.1 Å². The molecule has 27 heavy (non-hydrogen) atoms. The molecule has 0 bridgehead atoms. The van der Waals surface area contributed by atoms with Crippen LogP contribution in [0.1, 0.15) is 52.0 Å². The fraction of sp³-hybridized carbons (Fsp3) is 0.364. The standard InChI is InChI=1S/C22H26N2O3/c1-27-20-9-5-2-6-16(20)14-15-23-21(25)17-10-12-18(13-11-17)22(26)24-19-7-3-4-8-19/h2,5-6,9-13,19H,3-4,7-8,14-15H2,1H3,(H,23,25)(H,24,26). The maximum Gasteiger partial charge on any atom is 0.251 e. The molecule has 0 unspecified atom stereocenters. The summed E-state index contributed by atoms with van der Waals surface area (Å²) < 4.78 is 5.32. The van der Waals surface area contributed by atoms with Gasteiger partial charge in [0.15, 0.2) is 0 Å². The first-order chi connectivity index (χ1) is 13.2. The molecule has 0 atom stereocenters. The minimum Gasteiger partial charge on any atom is -0.496 e. The molecule has 2 aromatic rings. The maximum atomic E-state index is 12.3. The Labute approximate surface area is 160 Å². The summed E-state index contributed by atoms with van der Waals surface area (Å²) in [6.45, 7) is 0.517. The highest BCUT2D eigenvalue weighted by molar-refractivity contribution is 5.97. The SMILES string of the molecule is COc1ccccc1CCNC(=O)c1ccc(C(=O)NC2CCCC2)cc1. The van der Waals surface area contributed by atoms with E-state index in [-0.39, 0.29) is 17.9 Å². The van der Waals surface area contributed by atoms with Crippen molar-refractivity contribution in [3.05, 3.63) is 65.2 Å². The van der Waals surface area contributed by atoms with Crippen LogP contribution in [-0.4, -0.2) is 31.5 Å². The second-order valence-electron chi connectivity index (χ2n) is 6.85. The molecule has 5 heteroatoms. The predicted molar refractivity (Wildman–Crippen MR) is 105 cm³/mol. The number of methoxy groups -OCH3 is 1. The molecule has 0 spiro atoms. The second-order valence-corrected chi connectivity index (χ2v) is 6.85. The Hall–Kier alpha value is -2.82. The number of benzene rings is 2. The van der Waals surface area contributed by atoms with Gasteiger partial charge >= 0.3 is 0 Å². The Morgan fingerprint density at radius 1 is 0.963 bits per heavy atom. The molecule has 0 heterocycles. The van der Waals surface area contributed by atoms with Crippen molar-refractivity contribution in [2.24, 2.45) is 0 Å². The van der Waals surface area contributed by atoms with Crippen LogP contribution in [-0.2, 0) is 6.42 Å². The van der Waals surface area contributed by atoms with Crippen LogP contribution in [0, 0.1) is 0 Å². The molecule has 1 saturated carbocycles. The molecule has 1 fully saturated rings. The molecule has 2 aromatic carbocycles. The van der Waals surface area contributed by atoms with Gasteiger partial charge in [0.25, 0.3) is 11.8 Å². The normalized spacial score (nSPS) is 14.0. The number of carbonyl (C=O) groups excluding carboxylic acids is 2. The van der Waals surface area contributed by atoms with Gasteiger partial charge in [-0.15, -0.1) is 0 Å². The van der Waals surface area contributed by atoms with Gasteiger partial charge in [0.2, 0.25) is 0 Å². The van der Waals surface area contributed by atoms with Crippen molar-refractivity contribution in [3.63, 3.8) is 0 Å². The topological polar surface area (TPSA) is 67.4 Å². The van der Waals surface area contributed by atoms with E-state index in [0.717, 1.165) is 24.2 Å². The Morgan fingerprint density at radius 3 is 2.26 bits per heavy atom. The highest BCUT2D eigenvalue weighted by Gasteiger charge is 2.18. The van der Waals surface area contributed by atoms with Gasteiger partial charge in [-0.05, 0) is 55.2 Å². The van der Waals surface area contributed by atoms with Crippen LogP contribution < -0.4 is 15.4 Å². The maximum absolute atomic E-state index is 12.3. The smallest absolute Gasteiger partial charge is 0.251 e. The lowest BCUT2D eigenvalue weighted by Crippen LogP contribution is -2.32. The number of nitrogens with one attached hydrogen (secondary N) is 2. The third kappa shape index (κ3) is 5.09. The van der Waals surface area contributed by atoms with E-state index < -0.39 is 0 Å². The van der Waals surface area contributed by atoms with E-state index in [0.29, 0.717) is 24.1 Å². The largest absolute Gasteiger partial charge is 0.496 e. The first-order valence-corrected chi connectivity index (χ1v) is 9.48. The lowest BCUT2D eigenvalue weighted by Gasteiger charge is -2.12. The molecule has 0 saturated heterocycles. The Morgan fingerprint density at radius 2 is 1.59 bits per heavy atom. The first-order valence-electron chi connectivity index (χ1n) is 9.48. The van der Waals surface area contributed by atoms with Crippen LogP contribution in [0.4, 0.5) is 0 Å². The second kappa shape index (κ2) is 9.21. The molecule has 0 aromatic heterocycles. The average Bonchev–Trinajstić information content (AvgIpc) is 3.21. The van der Waals surface area contributed by atoms with Crippen LogP contribution in [0.3, 0.4) is 0 Å². The van der Waals surface area contributed by atoms with Gasteiger partial charge in [0.1, 0.15) is 5.75 Å². The minimum atomic E-state index is -0.146. The molecule has 2 N–H and O–H groups in total. The number of rotatable bonds is 7. The summed E-state index contributed by atoms with van der Waals surface area (Å²) in [7, 11) is 1.64. The van der Waals surface area contributed by atoms with Crippen molar-refractivity contribution in [1.82, 2.24) is 10.6 Å². The van der Waals surface area contributed by atoms with E-state index in [2.05, 4.69) is 10.6 Å². The van der Waals surface area contributed by atoms with E-state index in [9.17, 15) is 9.59 Å². The third-order valence-electron chi connectivity index (χ3n) is 4.97. The molecule has 0 aliphatic heterocycles. The number of hydrogen-bond acceptors (Lipinski definition) is 3. The molecule has 2 amide bonds. The zero-order chi connectivity index (χ0) is 19.1. The lowest BCUT2D eigenvalue weighted by molar-refractivity contribution is 0.0931. The number of carbonyl (C=O) groups is 2. The Balaban J connectivity index is 1.50. The van der Waals surface area contributed by atoms with E-state index in [1.165, 1.54) is 12.8 Å². The van der Waals surface area contributed by atoms with Gasteiger partial charge in [0.05, 0.1) is 7.11 Å². The Kier molecular flexibility index (Phi) is 6.47. The molecule has 0 radical (unpaired) electrons. The number of para-hydroxylation sites is 1. The predicted octanol–water partition coefficient (Wildman–Crippen LogP) is 3.34. The monoisotopic (exact) mass is 366 g/mol. The van der Waals surface area contributed by atoms with Gasteiger partial charge < -0.3 is 15.4 Å². The molecule has 142 valence electrons. The fourth-order valence-electron chi connectivity index (χ4n) is 3.43. The quantitative estimate of drug-likeness (QED) is 0.790. The molecular weight excluding hydrogens is 340 g/mol. The molecule has 3 rings (SSSR count). The summed E-state index contributed by atoms with van der Waals surface area (Å²) >= 11 is 0. The fourth-order valence-corrected chi connectivity index (χ4v) is 3.43. The van der Waals surface area contributed by atoms with Crippen molar-refractivity contribution < 1.29 is 14.3 Å². The van der Waals surface area contributed by atoms with Crippen LogP contribution in [0.2, 0.25) is 0 Å². The zero-order valence-corrected chi connectivity index (χ0v) is 15.7. The van der Waals surface area contributed by atoms with Crippen molar-refractivity contribution >= 4 is 11.8 Å². The zero-order valence-electron chi connectivity index (χ0n) is 15.7. The van der Waals surface area contributed by atoms with Gasteiger partial charge in [-0.3, -0.25) is 9.59 Å². The molecular formula is C22H26N2O3. The number of amides is 2. The van der Waals surface area contributed by atoms with Gasteiger partial charge in [-0.25, -0.2) is 0 Å². The number of hydrogen-bond donors (Lipinski definition) is 2. The summed E-state index contributed by atoms with van der Waals surface area (Å²) in [5, 5.41) is 5.97. The Bertz CT molecular complexity index is 780. The summed E-state index contributed by atoms with van der Waals surface area (Å²) in [5.41, 5.74) is 2.19. The molecule has 1 aliphatic carbocycles. The summed E-state index contributed by atoms with van der Waals surface area (Å²) in [4.78, 5) is 24.6. The first kappa shape index (κ1) is 19.0. The lowest BCUT2D eigenvalue weighted by atomic mass is 10.1. The highest BCUT2D eigenvalue weighted by atomic mass is 16.5. The third-order valence-corrected chi connectivity index (χ3v) is 4.97. The van der Waals surface area contributed by atoms with Gasteiger partial charge in [-0.2, -0.15) is 0 Å². The van der Waals surface area contributed by atoms with Gasteiger partial charge in [-0.1, -0.05) is 31.0 Å². The highest BCUT2D eigenvalue weighted by Crippen LogP contribution is 2.19. The van der Waals surface area contributed by atoms with Crippen molar-refractivity contribution in [3.8, 4) is 5.75 Å². The summed E-state index contributed by atoms with van der Waals surface area (Å²) in [6, 6.07) is 14.9. The van der Waals surface area contributed by atoms with Crippen LogP contribution in [0.15, 0.2) is 48.5 Å². The average molecular weight is 366 g/mol. The van der Waals surface area contributed by atoms with E-state index >= 15 is 0 Å². The number of ether oxygens (including phenoxy) is 1. The van der Waals surface area contributed by atoms with Crippen LogP contribution in [0.5, 0.6) is 5.75 Å². The van der Waals surface area contributed by atoms with E-state index in [1.54, 1.807) is 31.4 Å². The van der Waals surface area contributed by atoms with Crippen LogP contribution >= 0.6 is 0 Å². The van der Waals surface area contributed by atoms with E-state index in [1.807, 2.05) is 24.3 Å². The van der Waals surface area contributed by atoms with Crippen LogP contribution in [0.25, 0.3) is 0 Å². The van der Waals surface area contributed by atoms with Crippen molar-refractivity contribution in [2.75, 3.05) is 13.7 Å². The summed E-state index contributed by atoms with van der Waals surface area (Å²) in [6.07, 6.45) is 5.16. The van der Waals surface area contributed by atoms with Gasteiger partial charge in [0, 0.05) is 23.7 Å².